The smallest absolute Gasteiger partial charge is 0.260 e. The third-order valence-corrected chi connectivity index (χ3v) is 2.97. The molecule has 0 fully saturated rings. The molecule has 21 heavy (non-hydrogen) atoms. The monoisotopic (exact) mass is 298 g/mol. The maximum atomic E-state index is 13.8. The van der Waals surface area contributed by atoms with Crippen LogP contribution in [-0.2, 0) is 9.53 Å². The second-order valence-corrected chi connectivity index (χ2v) is 4.87. The first-order valence-corrected chi connectivity index (χ1v) is 6.94. The molecule has 3 N–H and O–H groups in total. The van der Waals surface area contributed by atoms with Crippen LogP contribution in [0.25, 0.3) is 0 Å². The molecule has 1 aromatic carbocycles. The molecule has 0 saturated carbocycles. The maximum Gasteiger partial charge on any atom is 0.260 e. The number of nitrogens with two attached hydrogens (primary N) is 1. The van der Waals surface area contributed by atoms with Gasteiger partial charge >= 0.3 is 0 Å². The summed E-state index contributed by atoms with van der Waals surface area (Å²) in [5.74, 6) is -0.380. The van der Waals surface area contributed by atoms with Gasteiger partial charge in [-0.1, -0.05) is 6.07 Å². The van der Waals surface area contributed by atoms with E-state index in [2.05, 4.69) is 5.32 Å². The van der Waals surface area contributed by atoms with Gasteiger partial charge in [-0.15, -0.1) is 0 Å². The Balaban J connectivity index is 2.52. The normalized spacial score (nSPS) is 13.6. The largest absolute Gasteiger partial charge is 0.481 e. The number of benzene rings is 1. The first-order chi connectivity index (χ1) is 9.95. The Labute approximate surface area is 124 Å². The summed E-state index contributed by atoms with van der Waals surface area (Å²) in [4.78, 5) is 11.8. The number of methoxy groups -OCH3 is 1. The summed E-state index contributed by atoms with van der Waals surface area (Å²) < 4.78 is 24.1. The van der Waals surface area contributed by atoms with Crippen LogP contribution in [0.5, 0.6) is 5.75 Å². The second-order valence-electron chi connectivity index (χ2n) is 4.87. The minimum Gasteiger partial charge on any atom is -0.481 e. The molecule has 118 valence electrons. The molecule has 0 aliphatic heterocycles. The van der Waals surface area contributed by atoms with Crippen molar-refractivity contribution in [2.24, 2.45) is 5.73 Å². The maximum absolute atomic E-state index is 13.8. The summed E-state index contributed by atoms with van der Waals surface area (Å²) in [6.07, 6.45) is 0.0280. The first kappa shape index (κ1) is 17.4. The zero-order valence-corrected chi connectivity index (χ0v) is 12.7. The van der Waals surface area contributed by atoms with Crippen LogP contribution in [0, 0.1) is 5.82 Å². The minimum atomic E-state index is -0.701. The van der Waals surface area contributed by atoms with Gasteiger partial charge in [-0.3, -0.25) is 4.79 Å². The van der Waals surface area contributed by atoms with Crippen LogP contribution in [0.3, 0.4) is 0 Å². The van der Waals surface area contributed by atoms with Gasteiger partial charge in [0, 0.05) is 37.9 Å². The average molecular weight is 298 g/mol. The Morgan fingerprint density at radius 1 is 1.43 bits per heavy atom. The molecule has 0 spiro atoms. The topological polar surface area (TPSA) is 73.6 Å². The Morgan fingerprint density at radius 3 is 2.71 bits per heavy atom. The molecule has 1 aromatic rings. The molecule has 0 aliphatic rings. The van der Waals surface area contributed by atoms with Crippen molar-refractivity contribution in [2.45, 2.75) is 32.4 Å². The van der Waals surface area contributed by atoms with Crippen LogP contribution >= 0.6 is 0 Å². The molecule has 0 aromatic heterocycles. The summed E-state index contributed by atoms with van der Waals surface area (Å²) in [6, 6.07) is 4.03. The number of carbonyl (C=O) groups is 1. The standard InChI is InChI=1S/C15H23FN2O3/c1-10(17)13-6-5-12(9-14(13)16)21-11(2)15(19)18-7-4-8-20-3/h5-6,9-11H,4,7-8,17H2,1-3H3,(H,18,19)/t10-,11?/m0/s1. The number of ether oxygens (including phenoxy) is 2. The third kappa shape index (κ3) is 5.69. The number of carbonyl (C=O) groups excluding carboxylic acids is 1. The highest BCUT2D eigenvalue weighted by molar-refractivity contribution is 5.80. The molecule has 0 radical (unpaired) electrons. The number of rotatable bonds is 8. The van der Waals surface area contributed by atoms with Gasteiger partial charge in [-0.2, -0.15) is 0 Å². The highest BCUT2D eigenvalue weighted by Gasteiger charge is 2.15. The van der Waals surface area contributed by atoms with Crippen LogP contribution in [0.15, 0.2) is 18.2 Å². The minimum absolute atomic E-state index is 0.247. The molecule has 2 atom stereocenters. The van der Waals surface area contributed by atoms with E-state index in [1.807, 2.05) is 0 Å². The lowest BCUT2D eigenvalue weighted by Crippen LogP contribution is -2.37. The molecule has 0 heterocycles. The summed E-state index contributed by atoms with van der Waals surface area (Å²) in [6.45, 7) is 4.41. The van der Waals surface area contributed by atoms with E-state index in [1.54, 1.807) is 33.1 Å². The molecular weight excluding hydrogens is 275 g/mol. The van der Waals surface area contributed by atoms with Gasteiger partial charge in [-0.05, 0) is 26.3 Å². The Bertz CT molecular complexity index is 466. The van der Waals surface area contributed by atoms with Gasteiger partial charge in [-0.25, -0.2) is 4.39 Å². The predicted molar refractivity (Wildman–Crippen MR) is 78.6 cm³/mol. The fourth-order valence-electron chi connectivity index (χ4n) is 1.78. The Kier molecular flexibility index (Phi) is 7.11. The second kappa shape index (κ2) is 8.59. The van der Waals surface area contributed by atoms with E-state index in [1.165, 1.54) is 6.07 Å². The zero-order valence-electron chi connectivity index (χ0n) is 12.7. The number of hydrogen-bond acceptors (Lipinski definition) is 4. The van der Waals surface area contributed by atoms with Crippen LogP contribution < -0.4 is 15.8 Å². The van der Waals surface area contributed by atoms with Crippen molar-refractivity contribution in [1.82, 2.24) is 5.32 Å². The van der Waals surface area contributed by atoms with E-state index in [0.717, 1.165) is 6.42 Å². The van der Waals surface area contributed by atoms with Crippen LogP contribution in [0.1, 0.15) is 31.9 Å². The Morgan fingerprint density at radius 2 is 2.14 bits per heavy atom. The van der Waals surface area contributed by atoms with Crippen molar-refractivity contribution in [2.75, 3.05) is 20.3 Å². The molecule has 0 bridgehead atoms. The highest BCUT2D eigenvalue weighted by Crippen LogP contribution is 2.21. The van der Waals surface area contributed by atoms with Crippen LogP contribution in [0.2, 0.25) is 0 Å². The van der Waals surface area contributed by atoms with Gasteiger partial charge in [0.1, 0.15) is 11.6 Å². The molecule has 5 nitrogen and oxygen atoms in total. The van der Waals surface area contributed by atoms with Crippen molar-refractivity contribution in [3.8, 4) is 5.75 Å². The Hall–Kier alpha value is -1.66. The van der Waals surface area contributed by atoms with Crippen molar-refractivity contribution < 1.29 is 18.7 Å². The van der Waals surface area contributed by atoms with Gasteiger partial charge in [0.05, 0.1) is 0 Å². The van der Waals surface area contributed by atoms with Crippen molar-refractivity contribution in [3.05, 3.63) is 29.6 Å². The predicted octanol–water partition coefficient (Wildman–Crippen LogP) is 1.77. The lowest BCUT2D eigenvalue weighted by Gasteiger charge is -2.16. The third-order valence-electron chi connectivity index (χ3n) is 2.97. The van der Waals surface area contributed by atoms with Gasteiger partial charge in [0.25, 0.3) is 5.91 Å². The molecular formula is C15H23FN2O3. The number of nitrogens with one attached hydrogen (secondary N) is 1. The summed E-state index contributed by atoms with van der Waals surface area (Å²) >= 11 is 0. The van der Waals surface area contributed by atoms with E-state index >= 15 is 0 Å². The summed E-state index contributed by atoms with van der Waals surface area (Å²) in [5, 5.41) is 2.72. The number of amides is 1. The van der Waals surface area contributed by atoms with E-state index in [-0.39, 0.29) is 11.9 Å². The van der Waals surface area contributed by atoms with E-state index < -0.39 is 11.9 Å². The molecule has 1 amide bonds. The van der Waals surface area contributed by atoms with E-state index in [4.69, 9.17) is 15.2 Å². The lowest BCUT2D eigenvalue weighted by molar-refractivity contribution is -0.127. The lowest BCUT2D eigenvalue weighted by atomic mass is 10.1. The first-order valence-electron chi connectivity index (χ1n) is 6.94. The molecule has 0 aliphatic carbocycles. The fraction of sp³-hybridized carbons (Fsp3) is 0.533. The fourth-order valence-corrected chi connectivity index (χ4v) is 1.78. The van der Waals surface area contributed by atoms with E-state index in [9.17, 15) is 9.18 Å². The molecule has 0 saturated heterocycles. The van der Waals surface area contributed by atoms with E-state index in [0.29, 0.717) is 24.5 Å². The SMILES string of the molecule is COCCCNC(=O)C(C)Oc1ccc([C@H](C)N)c(F)c1. The van der Waals surface area contributed by atoms with Crippen molar-refractivity contribution in [1.29, 1.82) is 0 Å². The van der Waals surface area contributed by atoms with Gasteiger partial charge < -0.3 is 20.5 Å². The number of hydrogen-bond donors (Lipinski definition) is 2. The van der Waals surface area contributed by atoms with Crippen molar-refractivity contribution >= 4 is 5.91 Å². The van der Waals surface area contributed by atoms with Crippen LogP contribution in [0.4, 0.5) is 4.39 Å². The molecule has 1 rings (SSSR count). The average Bonchev–Trinajstić information content (AvgIpc) is 2.43. The van der Waals surface area contributed by atoms with Crippen molar-refractivity contribution in [3.63, 3.8) is 0 Å². The molecule has 1 unspecified atom stereocenters. The highest BCUT2D eigenvalue weighted by atomic mass is 19.1. The number of halogens is 1. The zero-order chi connectivity index (χ0) is 15.8. The van der Waals surface area contributed by atoms with Gasteiger partial charge in [0.2, 0.25) is 0 Å². The molecule has 6 heteroatoms. The summed E-state index contributed by atoms with van der Waals surface area (Å²) in [5.41, 5.74) is 6.05. The summed E-state index contributed by atoms with van der Waals surface area (Å²) in [7, 11) is 1.61. The quantitative estimate of drug-likeness (QED) is 0.717. The van der Waals surface area contributed by atoms with Gasteiger partial charge in [0.15, 0.2) is 6.10 Å². The van der Waals surface area contributed by atoms with Crippen LogP contribution in [-0.4, -0.2) is 32.3 Å².